The minimum Gasteiger partial charge on any atom is -0.454 e. The van der Waals surface area contributed by atoms with Crippen molar-refractivity contribution >= 4 is 17.3 Å². The molecule has 0 saturated carbocycles. The van der Waals surface area contributed by atoms with Gasteiger partial charge in [-0.05, 0) is 26.0 Å². The predicted molar refractivity (Wildman–Crippen MR) is 107 cm³/mol. The van der Waals surface area contributed by atoms with E-state index in [9.17, 15) is 0 Å². The normalized spacial score (nSPS) is 12.1. The van der Waals surface area contributed by atoms with E-state index in [4.69, 9.17) is 19.4 Å². The Bertz CT molecular complexity index is 927. The van der Waals surface area contributed by atoms with Crippen LogP contribution in [0.2, 0.25) is 0 Å². The second-order valence-corrected chi connectivity index (χ2v) is 6.17. The minimum atomic E-state index is 0.260. The van der Waals surface area contributed by atoms with Crippen molar-refractivity contribution < 1.29 is 9.47 Å². The topological polar surface area (TPSA) is 59.5 Å². The Morgan fingerprint density at radius 1 is 0.926 bits per heavy atom. The van der Waals surface area contributed by atoms with Gasteiger partial charge >= 0.3 is 0 Å². The number of aromatic nitrogens is 2. The van der Waals surface area contributed by atoms with Crippen molar-refractivity contribution in [2.24, 2.45) is 0 Å². The zero-order valence-electron chi connectivity index (χ0n) is 15.5. The Labute approximate surface area is 158 Å². The number of rotatable bonds is 6. The molecule has 0 fully saturated rings. The summed E-state index contributed by atoms with van der Waals surface area (Å²) in [5, 5.41) is 3.37. The molecule has 3 aromatic rings. The van der Waals surface area contributed by atoms with Gasteiger partial charge in [-0.2, -0.15) is 0 Å². The third-order valence-electron chi connectivity index (χ3n) is 4.48. The first-order valence-corrected chi connectivity index (χ1v) is 9.13. The van der Waals surface area contributed by atoms with Gasteiger partial charge in [0.05, 0.1) is 0 Å². The molecular weight excluding hydrogens is 340 g/mol. The molecule has 6 heteroatoms. The van der Waals surface area contributed by atoms with Gasteiger partial charge < -0.3 is 19.7 Å². The van der Waals surface area contributed by atoms with Gasteiger partial charge in [0.25, 0.3) is 0 Å². The molecule has 1 aliphatic heterocycles. The van der Waals surface area contributed by atoms with Crippen molar-refractivity contribution in [3.05, 3.63) is 54.6 Å². The number of nitrogens with one attached hydrogen (secondary N) is 1. The number of nitrogens with zero attached hydrogens (tertiary/aromatic N) is 3. The fourth-order valence-electron chi connectivity index (χ4n) is 3.05. The monoisotopic (exact) mass is 362 g/mol. The number of ether oxygens (including phenoxy) is 2. The molecule has 0 bridgehead atoms. The molecular formula is C21H22N4O2. The van der Waals surface area contributed by atoms with Gasteiger partial charge in [0.15, 0.2) is 17.3 Å². The molecule has 0 atom stereocenters. The van der Waals surface area contributed by atoms with Gasteiger partial charge in [0.2, 0.25) is 6.79 Å². The number of hydrogen-bond acceptors (Lipinski definition) is 6. The second kappa shape index (κ2) is 7.53. The lowest BCUT2D eigenvalue weighted by Gasteiger charge is -2.21. The lowest BCUT2D eigenvalue weighted by Crippen LogP contribution is -2.23. The van der Waals surface area contributed by atoms with Crippen LogP contribution in [-0.4, -0.2) is 29.9 Å². The summed E-state index contributed by atoms with van der Waals surface area (Å²) in [5.41, 5.74) is 1.88. The van der Waals surface area contributed by atoms with Crippen molar-refractivity contribution in [2.75, 3.05) is 30.1 Å². The van der Waals surface area contributed by atoms with Crippen LogP contribution >= 0.6 is 0 Å². The highest BCUT2D eigenvalue weighted by molar-refractivity contribution is 5.67. The maximum atomic E-state index is 5.46. The highest BCUT2D eigenvalue weighted by Crippen LogP contribution is 2.35. The van der Waals surface area contributed by atoms with Crippen LogP contribution in [0.3, 0.4) is 0 Å². The molecule has 6 nitrogen and oxygen atoms in total. The zero-order valence-corrected chi connectivity index (χ0v) is 15.5. The van der Waals surface area contributed by atoms with Crippen LogP contribution in [-0.2, 0) is 0 Å². The summed E-state index contributed by atoms with van der Waals surface area (Å²) < 4.78 is 10.8. The Balaban J connectivity index is 1.71. The van der Waals surface area contributed by atoms with E-state index in [0.717, 1.165) is 47.5 Å². The predicted octanol–water partition coefficient (Wildman–Crippen LogP) is 4.46. The fraction of sp³-hybridized carbons (Fsp3) is 0.238. The van der Waals surface area contributed by atoms with E-state index in [1.165, 1.54) is 0 Å². The average Bonchev–Trinajstić information content (AvgIpc) is 3.17. The molecule has 1 N–H and O–H groups in total. The highest BCUT2D eigenvalue weighted by Gasteiger charge is 2.15. The first-order chi connectivity index (χ1) is 13.3. The van der Waals surface area contributed by atoms with Gasteiger partial charge in [0, 0.05) is 36.5 Å². The van der Waals surface area contributed by atoms with Gasteiger partial charge in [0.1, 0.15) is 11.6 Å². The molecule has 0 radical (unpaired) electrons. The van der Waals surface area contributed by atoms with Crippen LogP contribution in [0.15, 0.2) is 54.6 Å². The van der Waals surface area contributed by atoms with Crippen molar-refractivity contribution in [1.82, 2.24) is 9.97 Å². The van der Waals surface area contributed by atoms with Crippen molar-refractivity contribution in [3.8, 4) is 22.9 Å². The van der Waals surface area contributed by atoms with E-state index < -0.39 is 0 Å². The molecule has 0 aliphatic carbocycles. The molecule has 27 heavy (non-hydrogen) atoms. The van der Waals surface area contributed by atoms with Crippen LogP contribution < -0.4 is 19.7 Å². The number of benzene rings is 2. The van der Waals surface area contributed by atoms with E-state index in [-0.39, 0.29) is 6.79 Å². The van der Waals surface area contributed by atoms with E-state index in [1.54, 1.807) is 0 Å². The molecule has 0 spiro atoms. The Morgan fingerprint density at radius 3 is 2.48 bits per heavy atom. The van der Waals surface area contributed by atoms with Crippen molar-refractivity contribution in [2.45, 2.75) is 13.8 Å². The summed E-state index contributed by atoms with van der Waals surface area (Å²) >= 11 is 0. The van der Waals surface area contributed by atoms with Gasteiger partial charge in [-0.25, -0.2) is 9.97 Å². The van der Waals surface area contributed by atoms with Crippen LogP contribution in [0.5, 0.6) is 11.5 Å². The third kappa shape index (κ3) is 3.65. The van der Waals surface area contributed by atoms with E-state index in [2.05, 4.69) is 24.1 Å². The Kier molecular flexibility index (Phi) is 4.78. The van der Waals surface area contributed by atoms with Crippen molar-refractivity contribution in [3.63, 3.8) is 0 Å². The number of hydrogen-bond donors (Lipinski definition) is 1. The standard InChI is InChI=1S/C21H22N4O2/c1-3-25(4-2)20-13-19(23-21(24-20)15-8-6-5-7-9-15)22-16-10-11-17-18(12-16)27-14-26-17/h5-13H,3-4,14H2,1-2H3,(H,22,23,24). The van der Waals surface area contributed by atoms with Crippen molar-refractivity contribution in [1.29, 1.82) is 0 Å². The first kappa shape index (κ1) is 17.1. The second-order valence-electron chi connectivity index (χ2n) is 6.17. The molecule has 0 saturated heterocycles. The van der Waals surface area contributed by atoms with Crippen LogP contribution in [0, 0.1) is 0 Å². The molecule has 1 aromatic heterocycles. The molecule has 2 aromatic carbocycles. The van der Waals surface area contributed by atoms with Crippen LogP contribution in [0.25, 0.3) is 11.4 Å². The minimum absolute atomic E-state index is 0.260. The Hall–Kier alpha value is -3.28. The summed E-state index contributed by atoms with van der Waals surface area (Å²) in [4.78, 5) is 11.7. The zero-order chi connectivity index (χ0) is 18.6. The quantitative estimate of drug-likeness (QED) is 0.698. The summed E-state index contributed by atoms with van der Waals surface area (Å²) in [6.07, 6.45) is 0. The molecule has 0 amide bonds. The number of fused-ring (bicyclic) bond motifs is 1. The SMILES string of the molecule is CCN(CC)c1cc(Nc2ccc3c(c2)OCO3)nc(-c2ccccc2)n1. The molecule has 2 heterocycles. The lowest BCUT2D eigenvalue weighted by molar-refractivity contribution is 0.174. The molecule has 138 valence electrons. The maximum Gasteiger partial charge on any atom is 0.231 e. The Morgan fingerprint density at radius 2 is 1.70 bits per heavy atom. The third-order valence-corrected chi connectivity index (χ3v) is 4.48. The lowest BCUT2D eigenvalue weighted by atomic mass is 10.2. The average molecular weight is 362 g/mol. The highest BCUT2D eigenvalue weighted by atomic mass is 16.7. The summed E-state index contributed by atoms with van der Waals surface area (Å²) in [6.45, 7) is 6.27. The maximum absolute atomic E-state index is 5.46. The molecule has 0 unspecified atom stereocenters. The van der Waals surface area contributed by atoms with E-state index in [0.29, 0.717) is 5.82 Å². The summed E-state index contributed by atoms with van der Waals surface area (Å²) in [5.74, 6) is 3.84. The summed E-state index contributed by atoms with van der Waals surface area (Å²) in [7, 11) is 0. The van der Waals surface area contributed by atoms with E-state index >= 15 is 0 Å². The number of anilines is 3. The largest absolute Gasteiger partial charge is 0.454 e. The van der Waals surface area contributed by atoms with Gasteiger partial charge in [-0.15, -0.1) is 0 Å². The summed E-state index contributed by atoms with van der Waals surface area (Å²) in [6, 6.07) is 17.8. The van der Waals surface area contributed by atoms with Crippen LogP contribution in [0.4, 0.5) is 17.3 Å². The molecule has 4 rings (SSSR count). The molecule has 1 aliphatic rings. The fourth-order valence-corrected chi connectivity index (χ4v) is 3.05. The first-order valence-electron chi connectivity index (χ1n) is 9.13. The van der Waals surface area contributed by atoms with Gasteiger partial charge in [-0.3, -0.25) is 0 Å². The van der Waals surface area contributed by atoms with Crippen LogP contribution in [0.1, 0.15) is 13.8 Å². The van der Waals surface area contributed by atoms with Gasteiger partial charge in [-0.1, -0.05) is 30.3 Å². The smallest absolute Gasteiger partial charge is 0.231 e. The van der Waals surface area contributed by atoms with E-state index in [1.807, 2.05) is 54.6 Å².